The lowest BCUT2D eigenvalue weighted by Gasteiger charge is -1.97. The smallest absolute Gasteiger partial charge is 0.309 e. The zero-order valence-corrected chi connectivity index (χ0v) is 11.6. The van der Waals surface area contributed by atoms with Gasteiger partial charge in [-0.2, -0.15) is 5.10 Å². The summed E-state index contributed by atoms with van der Waals surface area (Å²) in [6.07, 6.45) is 5.57. The van der Waals surface area contributed by atoms with Crippen LogP contribution in [0.1, 0.15) is 28.2 Å². The number of aryl methyl sites for hydroxylation is 2. The Balaban J connectivity index is 2.17. The Morgan fingerprint density at radius 1 is 1.53 bits per heavy atom. The van der Waals surface area contributed by atoms with Gasteiger partial charge < -0.3 is 5.11 Å². The number of hydrogen-bond acceptors (Lipinski definition) is 4. The number of aromatic nitrogens is 3. The van der Waals surface area contributed by atoms with Crippen LogP contribution in [0.15, 0.2) is 12.3 Å². The van der Waals surface area contributed by atoms with Crippen molar-refractivity contribution in [1.82, 2.24) is 14.8 Å². The van der Waals surface area contributed by atoms with E-state index in [1.807, 2.05) is 36.7 Å². The van der Waals surface area contributed by atoms with Crippen LogP contribution in [0.4, 0.5) is 0 Å². The molecule has 100 valence electrons. The topological polar surface area (TPSA) is 68.0 Å². The second-order valence-electron chi connectivity index (χ2n) is 4.03. The Hall–Kier alpha value is -1.95. The van der Waals surface area contributed by atoms with Crippen molar-refractivity contribution in [2.24, 2.45) is 0 Å². The highest BCUT2D eigenvalue weighted by Crippen LogP contribution is 2.20. The third-order valence-electron chi connectivity index (χ3n) is 2.67. The zero-order chi connectivity index (χ0) is 13.8. The highest BCUT2D eigenvalue weighted by atomic mass is 32.1. The van der Waals surface area contributed by atoms with Gasteiger partial charge in [-0.25, -0.2) is 4.98 Å². The molecule has 6 heteroatoms. The van der Waals surface area contributed by atoms with E-state index in [1.165, 1.54) is 11.3 Å². The maximum atomic E-state index is 10.7. The molecule has 2 rings (SSSR count). The summed E-state index contributed by atoms with van der Waals surface area (Å²) in [5, 5.41) is 13.8. The molecule has 0 saturated carbocycles. The summed E-state index contributed by atoms with van der Waals surface area (Å²) in [5.74, 6) is -0.854. The lowest BCUT2D eigenvalue weighted by atomic mass is 10.3. The molecule has 0 atom stereocenters. The molecule has 19 heavy (non-hydrogen) atoms. The summed E-state index contributed by atoms with van der Waals surface area (Å²) in [4.78, 5) is 16.0. The maximum Gasteiger partial charge on any atom is 0.309 e. The van der Waals surface area contributed by atoms with E-state index in [4.69, 9.17) is 5.11 Å². The van der Waals surface area contributed by atoms with Gasteiger partial charge in [0.1, 0.15) is 5.01 Å². The molecule has 1 N–H and O–H groups in total. The molecular formula is C13H15N3O2S. The van der Waals surface area contributed by atoms with Crippen molar-refractivity contribution in [2.45, 2.75) is 26.8 Å². The molecule has 0 amide bonds. The SMILES string of the molecule is CCn1nccc1C=Cc1nc(CC(=O)O)c(C)s1. The van der Waals surface area contributed by atoms with Gasteiger partial charge >= 0.3 is 5.97 Å². The number of nitrogens with zero attached hydrogens (tertiary/aromatic N) is 3. The van der Waals surface area contributed by atoms with Crippen molar-refractivity contribution in [1.29, 1.82) is 0 Å². The minimum absolute atomic E-state index is 0.0247. The van der Waals surface area contributed by atoms with Crippen LogP contribution < -0.4 is 0 Å². The number of carbonyl (C=O) groups is 1. The monoisotopic (exact) mass is 277 g/mol. The van der Waals surface area contributed by atoms with E-state index in [-0.39, 0.29) is 6.42 Å². The molecule has 0 spiro atoms. The number of thiazole rings is 1. The molecule has 0 aromatic carbocycles. The van der Waals surface area contributed by atoms with Crippen LogP contribution in [-0.4, -0.2) is 25.8 Å². The third-order valence-corrected chi connectivity index (χ3v) is 3.65. The predicted octanol–water partition coefficient (Wildman–Crippen LogP) is 2.47. The quantitative estimate of drug-likeness (QED) is 0.911. The fourth-order valence-electron chi connectivity index (χ4n) is 1.73. The van der Waals surface area contributed by atoms with E-state index in [9.17, 15) is 4.79 Å². The van der Waals surface area contributed by atoms with Crippen molar-refractivity contribution < 1.29 is 9.90 Å². The van der Waals surface area contributed by atoms with Crippen molar-refractivity contribution >= 4 is 29.5 Å². The summed E-state index contributed by atoms with van der Waals surface area (Å²) in [6.45, 7) is 4.74. The maximum absolute atomic E-state index is 10.7. The third kappa shape index (κ3) is 3.29. The predicted molar refractivity (Wildman–Crippen MR) is 75.0 cm³/mol. The van der Waals surface area contributed by atoms with E-state index in [2.05, 4.69) is 10.1 Å². The standard InChI is InChI=1S/C13H15N3O2S/c1-3-16-10(6-7-14-16)4-5-12-15-11(8-13(17)18)9(2)19-12/h4-7H,3,8H2,1-2H3,(H,17,18). The fraction of sp³-hybridized carbons (Fsp3) is 0.308. The molecule has 2 aromatic rings. The van der Waals surface area contributed by atoms with Gasteiger partial charge in [-0.15, -0.1) is 11.3 Å². The zero-order valence-electron chi connectivity index (χ0n) is 10.8. The fourth-order valence-corrected chi connectivity index (χ4v) is 2.58. The number of aliphatic carboxylic acids is 1. The van der Waals surface area contributed by atoms with Crippen LogP contribution in [-0.2, 0) is 17.8 Å². The van der Waals surface area contributed by atoms with Crippen molar-refractivity contribution in [3.63, 3.8) is 0 Å². The van der Waals surface area contributed by atoms with E-state index >= 15 is 0 Å². The molecule has 0 aliphatic rings. The van der Waals surface area contributed by atoms with E-state index in [1.54, 1.807) is 6.20 Å². The van der Waals surface area contributed by atoms with Gasteiger partial charge in [0.15, 0.2) is 0 Å². The number of rotatable bonds is 5. The normalized spacial score (nSPS) is 11.3. The van der Waals surface area contributed by atoms with Gasteiger partial charge in [0.25, 0.3) is 0 Å². The second-order valence-corrected chi connectivity index (χ2v) is 5.27. The second kappa shape index (κ2) is 5.79. The van der Waals surface area contributed by atoms with Gasteiger partial charge in [0.05, 0.1) is 17.8 Å². The first kappa shape index (κ1) is 13.5. The van der Waals surface area contributed by atoms with Gasteiger partial charge in [-0.3, -0.25) is 9.48 Å². The molecule has 0 bridgehead atoms. The Labute approximate surface area is 115 Å². The Morgan fingerprint density at radius 3 is 3.00 bits per heavy atom. The average molecular weight is 277 g/mol. The summed E-state index contributed by atoms with van der Waals surface area (Å²) in [5.41, 5.74) is 1.65. The van der Waals surface area contributed by atoms with E-state index < -0.39 is 5.97 Å². The first-order chi connectivity index (χ1) is 9.10. The molecule has 0 saturated heterocycles. The molecule has 0 radical (unpaired) electrons. The van der Waals surface area contributed by atoms with Gasteiger partial charge in [-0.05, 0) is 32.1 Å². The Morgan fingerprint density at radius 2 is 2.32 bits per heavy atom. The van der Waals surface area contributed by atoms with Crippen molar-refractivity contribution in [3.8, 4) is 0 Å². The minimum Gasteiger partial charge on any atom is -0.481 e. The summed E-state index contributed by atoms with van der Waals surface area (Å²) >= 11 is 1.50. The average Bonchev–Trinajstić information content (AvgIpc) is 2.93. The van der Waals surface area contributed by atoms with Gasteiger partial charge in [0, 0.05) is 17.6 Å². The first-order valence-corrected chi connectivity index (χ1v) is 6.79. The van der Waals surface area contributed by atoms with Crippen LogP contribution in [0.25, 0.3) is 12.2 Å². The van der Waals surface area contributed by atoms with Gasteiger partial charge in [0.2, 0.25) is 0 Å². The van der Waals surface area contributed by atoms with Crippen LogP contribution in [0.3, 0.4) is 0 Å². The molecular weight excluding hydrogens is 262 g/mol. The van der Waals surface area contributed by atoms with Crippen molar-refractivity contribution in [2.75, 3.05) is 0 Å². The molecule has 5 nitrogen and oxygen atoms in total. The number of carboxylic acids is 1. The largest absolute Gasteiger partial charge is 0.481 e. The van der Waals surface area contributed by atoms with Gasteiger partial charge in [-0.1, -0.05) is 0 Å². The van der Waals surface area contributed by atoms with Crippen LogP contribution >= 0.6 is 11.3 Å². The molecule has 2 heterocycles. The highest BCUT2D eigenvalue weighted by Gasteiger charge is 2.09. The molecule has 0 unspecified atom stereocenters. The summed E-state index contributed by atoms with van der Waals surface area (Å²) < 4.78 is 1.88. The van der Waals surface area contributed by atoms with Crippen molar-refractivity contribution in [3.05, 3.63) is 33.5 Å². The van der Waals surface area contributed by atoms with Crippen LogP contribution in [0.2, 0.25) is 0 Å². The van der Waals surface area contributed by atoms with E-state index in [0.29, 0.717) is 5.69 Å². The number of carboxylic acid groups (broad SMARTS) is 1. The number of hydrogen-bond donors (Lipinski definition) is 1. The van der Waals surface area contributed by atoms with E-state index in [0.717, 1.165) is 22.1 Å². The van der Waals surface area contributed by atoms with Crippen LogP contribution in [0.5, 0.6) is 0 Å². The Bertz CT molecular complexity index is 613. The lowest BCUT2D eigenvalue weighted by molar-refractivity contribution is -0.136. The molecule has 0 aliphatic heterocycles. The molecule has 2 aromatic heterocycles. The minimum atomic E-state index is -0.854. The molecule has 0 fully saturated rings. The summed E-state index contributed by atoms with van der Waals surface area (Å²) in [7, 11) is 0. The first-order valence-electron chi connectivity index (χ1n) is 5.98. The molecule has 0 aliphatic carbocycles. The Kier molecular flexibility index (Phi) is 4.11. The van der Waals surface area contributed by atoms with Crippen LogP contribution in [0, 0.1) is 6.92 Å². The highest BCUT2D eigenvalue weighted by molar-refractivity contribution is 7.12. The summed E-state index contributed by atoms with van der Waals surface area (Å²) in [6, 6.07) is 1.93. The lowest BCUT2D eigenvalue weighted by Crippen LogP contribution is -2.01.